The molecule has 6 nitrogen and oxygen atoms in total. The summed E-state index contributed by atoms with van der Waals surface area (Å²) in [6.45, 7) is 6.39. The second-order valence-corrected chi connectivity index (χ2v) is 6.88. The lowest BCUT2D eigenvalue weighted by Gasteiger charge is -2.11. The summed E-state index contributed by atoms with van der Waals surface area (Å²) in [7, 11) is 0. The Bertz CT molecular complexity index is 1080. The fourth-order valence-corrected chi connectivity index (χ4v) is 2.94. The van der Waals surface area contributed by atoms with Crippen LogP contribution in [0.1, 0.15) is 49.8 Å². The van der Waals surface area contributed by atoms with Crippen molar-refractivity contribution in [3.05, 3.63) is 60.3 Å². The van der Waals surface area contributed by atoms with Gasteiger partial charge in [0, 0.05) is 35.3 Å². The standard InChI is InChI=1S/C20H20N6/c1-12(2)17-7-14-8-23-20(26-18(14)10-22-17)6-13(3)15-4-5-16-19(25-15)9-21-11-24-16/h4-5,7-13H,6H2,1-3H3. The molecule has 4 heterocycles. The maximum absolute atomic E-state index is 4.68. The monoisotopic (exact) mass is 344 g/mol. The van der Waals surface area contributed by atoms with Crippen LogP contribution in [0.3, 0.4) is 0 Å². The summed E-state index contributed by atoms with van der Waals surface area (Å²) in [6, 6.07) is 6.06. The molecular weight excluding hydrogens is 324 g/mol. The number of nitrogens with zero attached hydrogens (tertiary/aromatic N) is 6. The first-order valence-corrected chi connectivity index (χ1v) is 8.78. The molecule has 1 unspecified atom stereocenters. The summed E-state index contributed by atoms with van der Waals surface area (Å²) in [5.74, 6) is 1.39. The molecule has 1 atom stereocenters. The van der Waals surface area contributed by atoms with Gasteiger partial charge in [0.1, 0.15) is 17.7 Å². The quantitative estimate of drug-likeness (QED) is 0.560. The molecule has 0 N–H and O–H groups in total. The van der Waals surface area contributed by atoms with Gasteiger partial charge in [0.2, 0.25) is 0 Å². The minimum absolute atomic E-state index is 0.194. The Morgan fingerprint density at radius 1 is 0.808 bits per heavy atom. The van der Waals surface area contributed by atoms with E-state index in [4.69, 9.17) is 0 Å². The van der Waals surface area contributed by atoms with Crippen LogP contribution >= 0.6 is 0 Å². The molecular formula is C20H20N6. The van der Waals surface area contributed by atoms with Gasteiger partial charge < -0.3 is 0 Å². The molecule has 0 saturated carbocycles. The molecule has 26 heavy (non-hydrogen) atoms. The topological polar surface area (TPSA) is 77.3 Å². The van der Waals surface area contributed by atoms with E-state index in [1.54, 1.807) is 6.20 Å². The predicted molar refractivity (Wildman–Crippen MR) is 101 cm³/mol. The van der Waals surface area contributed by atoms with Crippen molar-refractivity contribution in [1.29, 1.82) is 0 Å². The van der Waals surface area contributed by atoms with Crippen molar-refractivity contribution in [2.75, 3.05) is 0 Å². The van der Waals surface area contributed by atoms with Crippen molar-refractivity contribution >= 4 is 21.9 Å². The first-order chi connectivity index (χ1) is 12.6. The molecule has 6 heteroatoms. The van der Waals surface area contributed by atoms with Gasteiger partial charge in [-0.15, -0.1) is 0 Å². The van der Waals surface area contributed by atoms with Gasteiger partial charge in [0.05, 0.1) is 23.4 Å². The summed E-state index contributed by atoms with van der Waals surface area (Å²) in [5.41, 5.74) is 4.59. The van der Waals surface area contributed by atoms with Gasteiger partial charge in [-0.25, -0.2) is 24.9 Å². The summed E-state index contributed by atoms with van der Waals surface area (Å²) in [6.07, 6.45) is 7.72. The molecule has 0 aliphatic rings. The fourth-order valence-electron chi connectivity index (χ4n) is 2.94. The van der Waals surface area contributed by atoms with E-state index >= 15 is 0 Å². The Morgan fingerprint density at radius 2 is 1.69 bits per heavy atom. The molecule has 0 saturated heterocycles. The molecule has 0 radical (unpaired) electrons. The molecule has 0 spiro atoms. The van der Waals surface area contributed by atoms with Crippen LogP contribution in [-0.4, -0.2) is 29.9 Å². The van der Waals surface area contributed by atoms with Gasteiger partial charge in [-0.2, -0.15) is 0 Å². The summed E-state index contributed by atoms with van der Waals surface area (Å²) < 4.78 is 0. The van der Waals surface area contributed by atoms with Crippen molar-refractivity contribution < 1.29 is 0 Å². The second kappa shape index (κ2) is 6.71. The van der Waals surface area contributed by atoms with Gasteiger partial charge >= 0.3 is 0 Å². The van der Waals surface area contributed by atoms with Gasteiger partial charge in [-0.05, 0) is 24.1 Å². The number of pyridine rings is 2. The highest BCUT2D eigenvalue weighted by atomic mass is 14.9. The van der Waals surface area contributed by atoms with Crippen molar-refractivity contribution in [1.82, 2.24) is 29.9 Å². The van der Waals surface area contributed by atoms with Gasteiger partial charge in [0.15, 0.2) is 0 Å². The van der Waals surface area contributed by atoms with E-state index in [-0.39, 0.29) is 5.92 Å². The Labute approximate surface area is 151 Å². The Hall–Kier alpha value is -3.02. The van der Waals surface area contributed by atoms with E-state index in [1.165, 1.54) is 6.33 Å². The third-order valence-corrected chi connectivity index (χ3v) is 4.51. The van der Waals surface area contributed by atoms with E-state index in [2.05, 4.69) is 56.7 Å². The third-order valence-electron chi connectivity index (χ3n) is 4.51. The lowest BCUT2D eigenvalue weighted by Crippen LogP contribution is -2.05. The van der Waals surface area contributed by atoms with Gasteiger partial charge in [-0.1, -0.05) is 20.8 Å². The average molecular weight is 344 g/mol. The van der Waals surface area contributed by atoms with E-state index in [9.17, 15) is 0 Å². The molecule has 4 rings (SSSR count). The second-order valence-electron chi connectivity index (χ2n) is 6.88. The van der Waals surface area contributed by atoms with E-state index < -0.39 is 0 Å². The van der Waals surface area contributed by atoms with E-state index in [1.807, 2.05) is 24.5 Å². The van der Waals surface area contributed by atoms with Crippen LogP contribution in [0, 0.1) is 0 Å². The highest BCUT2D eigenvalue weighted by Gasteiger charge is 2.12. The molecule has 130 valence electrons. The van der Waals surface area contributed by atoms with Gasteiger partial charge in [-0.3, -0.25) is 4.98 Å². The molecule has 0 fully saturated rings. The number of hydrogen-bond donors (Lipinski definition) is 0. The Morgan fingerprint density at radius 3 is 2.54 bits per heavy atom. The highest BCUT2D eigenvalue weighted by molar-refractivity contribution is 5.77. The fraction of sp³-hybridized carbons (Fsp3) is 0.300. The van der Waals surface area contributed by atoms with E-state index in [0.29, 0.717) is 12.3 Å². The number of rotatable bonds is 4. The maximum Gasteiger partial charge on any atom is 0.129 e. The van der Waals surface area contributed by atoms with Crippen molar-refractivity contribution in [2.24, 2.45) is 0 Å². The first kappa shape index (κ1) is 16.4. The molecule has 0 aliphatic carbocycles. The zero-order chi connectivity index (χ0) is 18.1. The molecule has 0 bridgehead atoms. The zero-order valence-electron chi connectivity index (χ0n) is 15.1. The van der Waals surface area contributed by atoms with Crippen LogP contribution in [0.2, 0.25) is 0 Å². The van der Waals surface area contributed by atoms with Crippen LogP contribution < -0.4 is 0 Å². The Balaban J connectivity index is 1.59. The largest absolute Gasteiger partial charge is 0.259 e. The van der Waals surface area contributed by atoms with Crippen LogP contribution in [0.15, 0.2) is 43.1 Å². The van der Waals surface area contributed by atoms with E-state index in [0.717, 1.165) is 39.1 Å². The predicted octanol–water partition coefficient (Wildman–Crippen LogP) is 3.83. The zero-order valence-corrected chi connectivity index (χ0v) is 15.1. The lowest BCUT2D eigenvalue weighted by atomic mass is 10.0. The smallest absolute Gasteiger partial charge is 0.129 e. The lowest BCUT2D eigenvalue weighted by molar-refractivity contribution is 0.702. The minimum Gasteiger partial charge on any atom is -0.259 e. The van der Waals surface area contributed by atoms with Crippen LogP contribution in [0.4, 0.5) is 0 Å². The number of fused-ring (bicyclic) bond motifs is 2. The van der Waals surface area contributed by atoms with Crippen LogP contribution in [0.25, 0.3) is 21.9 Å². The number of aromatic nitrogens is 6. The summed E-state index contributed by atoms with van der Waals surface area (Å²) in [4.78, 5) is 26.7. The average Bonchev–Trinajstić information content (AvgIpc) is 2.67. The van der Waals surface area contributed by atoms with Crippen molar-refractivity contribution in [3.63, 3.8) is 0 Å². The van der Waals surface area contributed by atoms with Crippen molar-refractivity contribution in [3.8, 4) is 0 Å². The molecule has 4 aromatic rings. The first-order valence-electron chi connectivity index (χ1n) is 8.78. The maximum atomic E-state index is 4.68. The molecule has 0 amide bonds. The molecule has 4 aromatic heterocycles. The SMILES string of the molecule is CC(C)c1cc2cnc(CC(C)c3ccc4ncncc4n3)nc2cn1. The van der Waals surface area contributed by atoms with Crippen molar-refractivity contribution in [2.45, 2.75) is 39.0 Å². The minimum atomic E-state index is 0.194. The normalized spacial score (nSPS) is 12.8. The number of hydrogen-bond acceptors (Lipinski definition) is 6. The summed E-state index contributed by atoms with van der Waals surface area (Å²) in [5, 5.41) is 1.03. The van der Waals surface area contributed by atoms with Gasteiger partial charge in [0.25, 0.3) is 0 Å². The molecule has 0 aliphatic heterocycles. The van der Waals surface area contributed by atoms with Crippen LogP contribution in [0.5, 0.6) is 0 Å². The molecule has 0 aromatic carbocycles. The summed E-state index contributed by atoms with van der Waals surface area (Å²) >= 11 is 0. The third kappa shape index (κ3) is 3.22. The highest BCUT2D eigenvalue weighted by Crippen LogP contribution is 2.21. The Kier molecular flexibility index (Phi) is 4.24. The van der Waals surface area contributed by atoms with Crippen LogP contribution in [-0.2, 0) is 6.42 Å².